The van der Waals surface area contributed by atoms with Crippen molar-refractivity contribution in [2.45, 2.75) is 77.6 Å². The number of phenolic OH excluding ortho intramolecular Hbond substituents is 2. The molecule has 0 radical (unpaired) electrons. The lowest BCUT2D eigenvalue weighted by atomic mass is 10.1. The minimum atomic E-state index is -0.132. The van der Waals surface area contributed by atoms with Crippen molar-refractivity contribution in [1.82, 2.24) is 5.32 Å². The lowest BCUT2D eigenvalue weighted by molar-refractivity contribution is -0.121. The fourth-order valence-electron chi connectivity index (χ4n) is 3.10. The summed E-state index contributed by atoms with van der Waals surface area (Å²) in [7, 11) is 0. The van der Waals surface area contributed by atoms with Crippen LogP contribution in [0.15, 0.2) is 66.8 Å². The van der Waals surface area contributed by atoms with Gasteiger partial charge in [-0.3, -0.25) is 4.79 Å². The quantitative estimate of drug-likeness (QED) is 0.140. The summed E-state index contributed by atoms with van der Waals surface area (Å²) in [5.41, 5.74) is 0.877. The van der Waals surface area contributed by atoms with Crippen LogP contribution in [0.1, 0.15) is 76.7 Å². The van der Waals surface area contributed by atoms with E-state index < -0.39 is 0 Å². The molecule has 0 aliphatic rings. The molecule has 0 saturated heterocycles. The first-order chi connectivity index (χ1) is 15.6. The fourth-order valence-corrected chi connectivity index (χ4v) is 3.10. The lowest BCUT2D eigenvalue weighted by Crippen LogP contribution is -2.25. The van der Waals surface area contributed by atoms with E-state index >= 15 is 0 Å². The van der Waals surface area contributed by atoms with Crippen LogP contribution in [0.2, 0.25) is 0 Å². The Morgan fingerprint density at radius 3 is 2.00 bits per heavy atom. The molecule has 32 heavy (non-hydrogen) atoms. The molecule has 1 amide bonds. The van der Waals surface area contributed by atoms with E-state index in [9.17, 15) is 15.0 Å². The molecule has 0 unspecified atom stereocenters. The van der Waals surface area contributed by atoms with Crippen molar-refractivity contribution in [3.8, 4) is 11.5 Å². The summed E-state index contributed by atoms with van der Waals surface area (Å²) < 4.78 is 0. The third-order valence-corrected chi connectivity index (χ3v) is 5.01. The summed E-state index contributed by atoms with van der Waals surface area (Å²) in [4.78, 5) is 11.9. The van der Waals surface area contributed by atoms with Gasteiger partial charge in [0, 0.05) is 13.0 Å². The maximum atomic E-state index is 11.9. The summed E-state index contributed by atoms with van der Waals surface area (Å²) >= 11 is 0. The molecule has 4 nitrogen and oxygen atoms in total. The number of unbranched alkanes of at least 4 members (excludes halogenated alkanes) is 4. The second kappa shape index (κ2) is 19.0. The van der Waals surface area contributed by atoms with Gasteiger partial charge in [0.1, 0.15) is 0 Å². The lowest BCUT2D eigenvalue weighted by Gasteiger charge is -2.06. The molecule has 0 aliphatic heterocycles. The van der Waals surface area contributed by atoms with Gasteiger partial charge in [-0.15, -0.1) is 0 Å². The SMILES string of the molecule is CCCCC/C=C\C/C=C\C/C=C/C/C=C\CCCC(=O)NCCc1ccc(O)c(O)c1. The van der Waals surface area contributed by atoms with Gasteiger partial charge in [-0.2, -0.15) is 0 Å². The van der Waals surface area contributed by atoms with Crippen molar-refractivity contribution in [2.75, 3.05) is 6.54 Å². The molecule has 0 atom stereocenters. The van der Waals surface area contributed by atoms with Crippen LogP contribution < -0.4 is 5.32 Å². The Balaban J connectivity index is 1.97. The number of benzene rings is 1. The van der Waals surface area contributed by atoms with Gasteiger partial charge < -0.3 is 15.5 Å². The zero-order valence-corrected chi connectivity index (χ0v) is 19.6. The van der Waals surface area contributed by atoms with Crippen LogP contribution in [-0.4, -0.2) is 22.7 Å². The van der Waals surface area contributed by atoms with Gasteiger partial charge in [0.25, 0.3) is 0 Å². The predicted octanol–water partition coefficient (Wildman–Crippen LogP) is 6.90. The molecule has 4 heteroatoms. The molecule has 0 aromatic heterocycles. The number of allylic oxidation sites excluding steroid dienone is 8. The van der Waals surface area contributed by atoms with Gasteiger partial charge in [-0.05, 0) is 69.1 Å². The van der Waals surface area contributed by atoms with Crippen molar-refractivity contribution in [3.63, 3.8) is 0 Å². The zero-order valence-electron chi connectivity index (χ0n) is 19.6. The van der Waals surface area contributed by atoms with Crippen LogP contribution in [0.25, 0.3) is 0 Å². The molecule has 0 bridgehead atoms. The van der Waals surface area contributed by atoms with Crippen LogP contribution in [0.5, 0.6) is 11.5 Å². The topological polar surface area (TPSA) is 69.6 Å². The largest absolute Gasteiger partial charge is 0.504 e. The van der Waals surface area contributed by atoms with E-state index in [1.54, 1.807) is 6.07 Å². The number of aromatic hydroxyl groups is 2. The minimum Gasteiger partial charge on any atom is -0.504 e. The standard InChI is InChI=1S/C28H41NO3/c1-2-3-4-5-6-7-8-9-10-11-12-13-14-15-16-17-18-19-28(32)29-23-22-25-20-21-26(30)27(31)24-25/h6-7,9-10,12-13,15-16,20-21,24,30-31H,2-5,8,11,14,17-19,22-23H2,1H3,(H,29,32)/b7-6-,10-9-,13-12+,16-15-. The van der Waals surface area contributed by atoms with Gasteiger partial charge >= 0.3 is 0 Å². The Morgan fingerprint density at radius 1 is 0.812 bits per heavy atom. The Morgan fingerprint density at radius 2 is 1.41 bits per heavy atom. The number of hydrogen-bond acceptors (Lipinski definition) is 3. The number of nitrogens with one attached hydrogen (secondary N) is 1. The molecule has 0 heterocycles. The van der Waals surface area contributed by atoms with Gasteiger partial charge in [-0.1, -0.05) is 74.4 Å². The summed E-state index contributed by atoms with van der Waals surface area (Å²) in [6, 6.07) is 4.72. The van der Waals surface area contributed by atoms with E-state index in [4.69, 9.17) is 0 Å². The summed E-state index contributed by atoms with van der Waals surface area (Å²) in [5.74, 6) is -0.216. The Bertz CT molecular complexity index is 747. The van der Waals surface area contributed by atoms with E-state index in [1.807, 2.05) is 0 Å². The van der Waals surface area contributed by atoms with Gasteiger partial charge in [0.05, 0.1) is 0 Å². The Labute approximate surface area is 194 Å². The normalized spacial score (nSPS) is 12.0. The first-order valence-corrected chi connectivity index (χ1v) is 12.0. The highest BCUT2D eigenvalue weighted by Gasteiger charge is 2.03. The van der Waals surface area contributed by atoms with E-state index in [-0.39, 0.29) is 17.4 Å². The van der Waals surface area contributed by atoms with Crippen molar-refractivity contribution in [2.24, 2.45) is 0 Å². The first-order valence-electron chi connectivity index (χ1n) is 12.0. The van der Waals surface area contributed by atoms with E-state index in [0.29, 0.717) is 19.4 Å². The second-order valence-corrected chi connectivity index (χ2v) is 7.90. The summed E-state index contributed by atoms with van der Waals surface area (Å²) in [6.07, 6.45) is 28.5. The molecule has 0 saturated carbocycles. The van der Waals surface area contributed by atoms with Crippen LogP contribution >= 0.6 is 0 Å². The van der Waals surface area contributed by atoms with Crippen LogP contribution in [0, 0.1) is 0 Å². The smallest absolute Gasteiger partial charge is 0.220 e. The maximum Gasteiger partial charge on any atom is 0.220 e. The van der Waals surface area contributed by atoms with Crippen molar-refractivity contribution < 1.29 is 15.0 Å². The van der Waals surface area contributed by atoms with E-state index in [0.717, 1.165) is 37.7 Å². The number of amides is 1. The molecule has 0 fully saturated rings. The highest BCUT2D eigenvalue weighted by molar-refractivity contribution is 5.75. The second-order valence-electron chi connectivity index (χ2n) is 7.90. The number of hydrogen-bond donors (Lipinski definition) is 3. The third-order valence-electron chi connectivity index (χ3n) is 5.01. The number of phenols is 2. The molecule has 1 rings (SSSR count). The fraction of sp³-hybridized carbons (Fsp3) is 0.464. The van der Waals surface area contributed by atoms with Gasteiger partial charge in [0.2, 0.25) is 5.91 Å². The van der Waals surface area contributed by atoms with Crippen molar-refractivity contribution >= 4 is 5.91 Å². The van der Waals surface area contributed by atoms with Gasteiger partial charge in [0.15, 0.2) is 11.5 Å². The van der Waals surface area contributed by atoms with Crippen LogP contribution in [0.4, 0.5) is 0 Å². The van der Waals surface area contributed by atoms with Gasteiger partial charge in [-0.25, -0.2) is 0 Å². The number of rotatable bonds is 17. The highest BCUT2D eigenvalue weighted by Crippen LogP contribution is 2.24. The van der Waals surface area contributed by atoms with Crippen molar-refractivity contribution in [3.05, 3.63) is 72.4 Å². The molecular formula is C28H41NO3. The monoisotopic (exact) mass is 439 g/mol. The third kappa shape index (κ3) is 15.1. The van der Waals surface area contributed by atoms with E-state index in [1.165, 1.54) is 37.8 Å². The zero-order chi connectivity index (χ0) is 23.3. The Kier molecular flexibility index (Phi) is 16.2. The number of carbonyl (C=O) groups is 1. The molecule has 3 N–H and O–H groups in total. The molecule has 1 aromatic rings. The van der Waals surface area contributed by atoms with Crippen LogP contribution in [0.3, 0.4) is 0 Å². The molecule has 1 aromatic carbocycles. The van der Waals surface area contributed by atoms with E-state index in [2.05, 4.69) is 60.8 Å². The van der Waals surface area contributed by atoms with Crippen LogP contribution in [-0.2, 0) is 11.2 Å². The average Bonchev–Trinajstić information content (AvgIpc) is 2.78. The predicted molar refractivity (Wildman–Crippen MR) is 135 cm³/mol. The first kappa shape index (κ1) is 27.3. The summed E-state index contributed by atoms with van der Waals surface area (Å²) in [5, 5.41) is 21.7. The Hall–Kier alpha value is -2.75. The number of carbonyl (C=O) groups excluding carboxylic acids is 1. The molecule has 0 aliphatic carbocycles. The summed E-state index contributed by atoms with van der Waals surface area (Å²) in [6.45, 7) is 2.75. The highest BCUT2D eigenvalue weighted by atomic mass is 16.3. The minimum absolute atomic E-state index is 0.0453. The maximum absolute atomic E-state index is 11.9. The molecular weight excluding hydrogens is 398 g/mol. The average molecular weight is 440 g/mol. The molecule has 176 valence electrons. The molecule has 0 spiro atoms. The van der Waals surface area contributed by atoms with Crippen molar-refractivity contribution in [1.29, 1.82) is 0 Å².